The Morgan fingerprint density at radius 1 is 0.509 bits per heavy atom. The van der Waals surface area contributed by atoms with Crippen molar-refractivity contribution in [3.8, 4) is 16.8 Å². The normalized spacial score (nSPS) is 13.4. The summed E-state index contributed by atoms with van der Waals surface area (Å²) >= 11 is 0. The molecule has 254 valence electrons. The highest BCUT2D eigenvalue weighted by Crippen LogP contribution is 2.51. The molecule has 53 heavy (non-hydrogen) atoms. The van der Waals surface area contributed by atoms with Crippen molar-refractivity contribution in [3.63, 3.8) is 0 Å². The highest BCUT2D eigenvalue weighted by Gasteiger charge is 2.36. The predicted octanol–water partition coefficient (Wildman–Crippen LogP) is 13.6. The third kappa shape index (κ3) is 4.83. The summed E-state index contributed by atoms with van der Waals surface area (Å²) < 4.78 is 33.0. The van der Waals surface area contributed by atoms with Crippen molar-refractivity contribution in [2.24, 2.45) is 0 Å². The summed E-state index contributed by atoms with van der Waals surface area (Å²) in [6, 6.07) is 52.1. The fraction of sp³-hybridized carbons (Fsp3) is 0.0612. The van der Waals surface area contributed by atoms with E-state index in [-0.39, 0.29) is 5.41 Å². The minimum atomic E-state index is -0.416. The van der Waals surface area contributed by atoms with Gasteiger partial charge in [-0.3, -0.25) is 0 Å². The molecule has 0 unspecified atom stereocenters. The van der Waals surface area contributed by atoms with Crippen LogP contribution in [-0.2, 0) is 5.41 Å². The van der Waals surface area contributed by atoms with Crippen molar-refractivity contribution in [2.75, 3.05) is 4.90 Å². The highest BCUT2D eigenvalue weighted by molar-refractivity contribution is 6.24. The van der Waals surface area contributed by atoms with Gasteiger partial charge < -0.3 is 9.47 Å². The van der Waals surface area contributed by atoms with E-state index in [1.807, 2.05) is 6.07 Å². The lowest BCUT2D eigenvalue weighted by Crippen LogP contribution is -2.17. The number of hydrogen-bond donors (Lipinski definition) is 0. The summed E-state index contributed by atoms with van der Waals surface area (Å²) in [6.45, 7) is 4.46. The number of nitrogens with zero attached hydrogens (tertiary/aromatic N) is 2. The Morgan fingerprint density at radius 3 is 1.87 bits per heavy atom. The molecule has 8 aromatic carbocycles. The van der Waals surface area contributed by atoms with Crippen molar-refractivity contribution in [1.82, 2.24) is 4.57 Å². The quantitative estimate of drug-likeness (QED) is 0.125. The molecule has 0 spiro atoms. The number of benzene rings is 8. The molecule has 0 atom stereocenters. The number of para-hydroxylation sites is 3. The maximum Gasteiger partial charge on any atom is 0.147 e. The van der Waals surface area contributed by atoms with Gasteiger partial charge in [-0.1, -0.05) is 117 Å². The van der Waals surface area contributed by atoms with Gasteiger partial charge in [0.25, 0.3) is 0 Å². The number of hydrogen-bond acceptors (Lipinski definition) is 1. The largest absolute Gasteiger partial charge is 0.309 e. The smallest absolute Gasteiger partial charge is 0.147 e. The summed E-state index contributed by atoms with van der Waals surface area (Å²) in [5.74, 6) is -0.832. The molecule has 1 aromatic heterocycles. The van der Waals surface area contributed by atoms with Crippen LogP contribution in [0.2, 0.25) is 0 Å². The van der Waals surface area contributed by atoms with Gasteiger partial charge in [0.15, 0.2) is 0 Å². The zero-order valence-electron chi connectivity index (χ0n) is 29.3. The number of rotatable bonds is 6. The molecule has 0 fully saturated rings. The van der Waals surface area contributed by atoms with E-state index in [0.717, 1.165) is 27.9 Å². The molecular formula is C49H34F2N2. The van der Waals surface area contributed by atoms with Crippen molar-refractivity contribution < 1.29 is 8.78 Å². The molecule has 0 radical (unpaired) electrons. The number of fused-ring (bicyclic) bond motifs is 3. The van der Waals surface area contributed by atoms with Crippen LogP contribution in [0.3, 0.4) is 0 Å². The lowest BCUT2D eigenvalue weighted by molar-refractivity contribution is 0.619. The van der Waals surface area contributed by atoms with Gasteiger partial charge in [0.1, 0.15) is 11.6 Å². The standard InChI is InChI=1S/C49H34F2N2/c1-49(2)39-28-31(19-20-32-27-34-23-22-33-11-10-18-45-47(33)48(34)46(29-32)52(45)35-12-4-3-5-13-35)21-25-37(39)38-26-24-36(30-40(38)49)53(43-16-8-6-14-41(43)50)44-17-9-7-15-42(44)51/h3-30H,1-2H3. The first-order valence-electron chi connectivity index (χ1n) is 18.0. The Bertz CT molecular complexity index is 2850. The molecule has 0 aliphatic heterocycles. The van der Waals surface area contributed by atoms with E-state index in [1.165, 1.54) is 55.8 Å². The van der Waals surface area contributed by atoms with E-state index in [4.69, 9.17) is 0 Å². The van der Waals surface area contributed by atoms with E-state index in [1.54, 1.807) is 41.3 Å². The third-order valence-electron chi connectivity index (χ3n) is 11.0. The Morgan fingerprint density at radius 2 is 1.13 bits per heavy atom. The Hall–Kier alpha value is -6.52. The second-order valence-electron chi connectivity index (χ2n) is 14.5. The molecule has 4 heteroatoms. The molecule has 0 saturated heterocycles. The average Bonchev–Trinajstić information content (AvgIpc) is 3.63. The minimum absolute atomic E-state index is 0.297. The van der Waals surface area contributed by atoms with Crippen molar-refractivity contribution >= 4 is 61.8 Å². The van der Waals surface area contributed by atoms with E-state index < -0.39 is 11.6 Å². The lowest BCUT2D eigenvalue weighted by atomic mass is 9.81. The molecule has 1 aliphatic carbocycles. The van der Waals surface area contributed by atoms with E-state index in [9.17, 15) is 0 Å². The third-order valence-corrected chi connectivity index (χ3v) is 11.0. The van der Waals surface area contributed by atoms with Crippen LogP contribution in [0.1, 0.15) is 36.1 Å². The first kappa shape index (κ1) is 31.2. The van der Waals surface area contributed by atoms with Gasteiger partial charge in [0.05, 0.1) is 22.4 Å². The minimum Gasteiger partial charge on any atom is -0.309 e. The summed E-state index contributed by atoms with van der Waals surface area (Å²) in [5.41, 5.74) is 11.4. The van der Waals surface area contributed by atoms with Crippen LogP contribution in [-0.4, -0.2) is 4.57 Å². The first-order chi connectivity index (χ1) is 25.9. The number of anilines is 3. The fourth-order valence-corrected chi connectivity index (χ4v) is 8.52. The Labute approximate surface area is 306 Å². The summed E-state index contributed by atoms with van der Waals surface area (Å²) in [5, 5.41) is 5.06. The van der Waals surface area contributed by atoms with E-state index in [0.29, 0.717) is 17.1 Å². The summed E-state index contributed by atoms with van der Waals surface area (Å²) in [6.07, 6.45) is 4.41. The van der Waals surface area contributed by atoms with Crippen molar-refractivity contribution in [3.05, 3.63) is 192 Å². The highest BCUT2D eigenvalue weighted by atomic mass is 19.1. The maximum atomic E-state index is 15.3. The van der Waals surface area contributed by atoms with Gasteiger partial charge in [-0.2, -0.15) is 0 Å². The molecule has 1 aliphatic rings. The average molecular weight is 689 g/mol. The van der Waals surface area contributed by atoms with Crippen LogP contribution in [0.4, 0.5) is 25.8 Å². The van der Waals surface area contributed by atoms with Gasteiger partial charge in [0, 0.05) is 27.6 Å². The topological polar surface area (TPSA) is 8.17 Å². The van der Waals surface area contributed by atoms with Gasteiger partial charge in [-0.05, 0) is 111 Å². The van der Waals surface area contributed by atoms with Crippen LogP contribution in [0.15, 0.2) is 158 Å². The molecule has 0 bridgehead atoms. The monoisotopic (exact) mass is 688 g/mol. The lowest BCUT2D eigenvalue weighted by Gasteiger charge is -2.28. The Balaban J connectivity index is 1.04. The molecule has 1 heterocycles. The molecule has 0 saturated carbocycles. The van der Waals surface area contributed by atoms with Crippen LogP contribution in [0, 0.1) is 11.6 Å². The maximum absolute atomic E-state index is 15.3. The van der Waals surface area contributed by atoms with E-state index >= 15 is 8.78 Å². The molecule has 9 aromatic rings. The van der Waals surface area contributed by atoms with Gasteiger partial charge in [-0.25, -0.2) is 8.78 Å². The number of halogens is 2. The fourth-order valence-electron chi connectivity index (χ4n) is 8.52. The SMILES string of the molecule is CC1(C)c2cc(C=Cc3cc4ccc5cccc6c5c4c(c3)n6-c3ccccc3)ccc2-c2ccc(N(c3ccccc3F)c3ccccc3F)cc21. The number of aromatic nitrogens is 1. The molecule has 0 amide bonds. The second-order valence-corrected chi connectivity index (χ2v) is 14.5. The molecule has 10 rings (SSSR count). The molecular weight excluding hydrogens is 655 g/mol. The summed E-state index contributed by atoms with van der Waals surface area (Å²) in [7, 11) is 0. The van der Waals surface area contributed by atoms with Crippen molar-refractivity contribution in [1.29, 1.82) is 0 Å². The second kappa shape index (κ2) is 11.8. The van der Waals surface area contributed by atoms with E-state index in [2.05, 4.69) is 134 Å². The van der Waals surface area contributed by atoms with Crippen molar-refractivity contribution in [2.45, 2.75) is 19.3 Å². The zero-order valence-corrected chi connectivity index (χ0v) is 29.3. The summed E-state index contributed by atoms with van der Waals surface area (Å²) in [4.78, 5) is 1.68. The van der Waals surface area contributed by atoms with Gasteiger partial charge in [0.2, 0.25) is 0 Å². The predicted molar refractivity (Wildman–Crippen MR) is 217 cm³/mol. The Kier molecular flexibility index (Phi) is 6.93. The van der Waals surface area contributed by atoms with Gasteiger partial charge >= 0.3 is 0 Å². The molecule has 2 nitrogen and oxygen atoms in total. The molecule has 0 N–H and O–H groups in total. The van der Waals surface area contributed by atoms with Crippen LogP contribution < -0.4 is 4.90 Å². The van der Waals surface area contributed by atoms with Crippen LogP contribution in [0.25, 0.3) is 61.5 Å². The first-order valence-corrected chi connectivity index (χ1v) is 18.0. The van der Waals surface area contributed by atoms with Crippen LogP contribution >= 0.6 is 0 Å². The van der Waals surface area contributed by atoms with Crippen LogP contribution in [0.5, 0.6) is 0 Å². The van der Waals surface area contributed by atoms with Gasteiger partial charge in [-0.15, -0.1) is 0 Å². The zero-order chi connectivity index (χ0) is 35.8.